The van der Waals surface area contributed by atoms with Crippen molar-refractivity contribution in [1.82, 2.24) is 25.0 Å². The summed E-state index contributed by atoms with van der Waals surface area (Å²) in [5.41, 5.74) is 0. The van der Waals surface area contributed by atoms with E-state index in [1.165, 1.54) is 29.0 Å². The van der Waals surface area contributed by atoms with E-state index >= 15 is 0 Å². The molecule has 2 aromatic rings. The van der Waals surface area contributed by atoms with Gasteiger partial charge in [-0.05, 0) is 31.9 Å². The molecule has 152 valence electrons. The number of fused-ring (bicyclic) bond motifs is 1. The molecule has 4 rings (SSSR count). The SMILES string of the molecule is Cc1ccc(CN2CCc3nnc(CCNC(=O)C4CCCCC4)n3CC2)s1. The number of carbonyl (C=O) groups excluding carboxylic acids is 1. The third-order valence-corrected chi connectivity index (χ3v) is 6.98. The van der Waals surface area contributed by atoms with Gasteiger partial charge in [-0.3, -0.25) is 9.69 Å². The van der Waals surface area contributed by atoms with Crippen molar-refractivity contribution in [2.45, 2.75) is 65.0 Å². The summed E-state index contributed by atoms with van der Waals surface area (Å²) in [6, 6.07) is 4.44. The molecule has 0 bridgehead atoms. The third kappa shape index (κ3) is 4.81. The van der Waals surface area contributed by atoms with Crippen LogP contribution in [-0.2, 0) is 30.7 Å². The highest BCUT2D eigenvalue weighted by Gasteiger charge is 2.22. The zero-order chi connectivity index (χ0) is 19.3. The standard InChI is InChI=1S/C21H31N5OS/c1-16-7-8-18(28-16)15-25-12-10-20-24-23-19(26(20)14-13-25)9-11-22-21(27)17-5-3-2-4-6-17/h7-8,17H,2-6,9-15H2,1H3,(H,22,27). The van der Waals surface area contributed by atoms with Crippen molar-refractivity contribution >= 4 is 17.2 Å². The van der Waals surface area contributed by atoms with Crippen LogP contribution in [0, 0.1) is 12.8 Å². The molecule has 0 unspecified atom stereocenters. The average Bonchev–Trinajstić information content (AvgIpc) is 3.24. The first kappa shape index (κ1) is 19.6. The van der Waals surface area contributed by atoms with Crippen LogP contribution in [0.2, 0.25) is 0 Å². The molecule has 1 amide bonds. The van der Waals surface area contributed by atoms with Gasteiger partial charge in [-0.1, -0.05) is 19.3 Å². The second-order valence-corrected chi connectivity index (χ2v) is 9.47. The fraction of sp³-hybridized carbons (Fsp3) is 0.667. The van der Waals surface area contributed by atoms with E-state index in [0.717, 1.165) is 63.5 Å². The molecule has 2 aliphatic rings. The van der Waals surface area contributed by atoms with Gasteiger partial charge in [0.25, 0.3) is 0 Å². The number of rotatable bonds is 6. The Kier molecular flexibility index (Phi) is 6.42. The number of thiophene rings is 1. The first-order chi connectivity index (χ1) is 13.7. The molecule has 0 spiro atoms. The Balaban J connectivity index is 1.28. The average molecular weight is 402 g/mol. The molecular weight excluding hydrogens is 370 g/mol. The molecule has 0 radical (unpaired) electrons. The number of carbonyl (C=O) groups is 1. The Bertz CT molecular complexity index is 793. The number of amides is 1. The van der Waals surface area contributed by atoms with Gasteiger partial charge in [-0.15, -0.1) is 21.5 Å². The van der Waals surface area contributed by atoms with Crippen molar-refractivity contribution in [3.05, 3.63) is 33.5 Å². The maximum absolute atomic E-state index is 12.3. The van der Waals surface area contributed by atoms with Gasteiger partial charge < -0.3 is 9.88 Å². The summed E-state index contributed by atoms with van der Waals surface area (Å²) in [5, 5.41) is 12.0. The van der Waals surface area contributed by atoms with Crippen LogP contribution >= 0.6 is 11.3 Å². The van der Waals surface area contributed by atoms with Gasteiger partial charge in [-0.25, -0.2) is 0 Å². The van der Waals surface area contributed by atoms with Gasteiger partial charge in [-0.2, -0.15) is 0 Å². The third-order valence-electron chi connectivity index (χ3n) is 5.99. The smallest absolute Gasteiger partial charge is 0.223 e. The number of nitrogens with zero attached hydrogens (tertiary/aromatic N) is 4. The lowest BCUT2D eigenvalue weighted by Crippen LogP contribution is -2.33. The predicted octanol–water partition coefficient (Wildman–Crippen LogP) is 2.95. The summed E-state index contributed by atoms with van der Waals surface area (Å²) in [6.07, 6.45) is 7.45. The van der Waals surface area contributed by atoms with E-state index in [1.807, 2.05) is 11.3 Å². The monoisotopic (exact) mass is 401 g/mol. The van der Waals surface area contributed by atoms with Crippen LogP contribution in [0.3, 0.4) is 0 Å². The number of aryl methyl sites for hydroxylation is 1. The molecule has 0 aromatic carbocycles. The van der Waals surface area contributed by atoms with Crippen molar-refractivity contribution < 1.29 is 4.79 Å². The molecular formula is C21H31N5OS. The van der Waals surface area contributed by atoms with E-state index in [0.29, 0.717) is 6.54 Å². The van der Waals surface area contributed by atoms with E-state index in [2.05, 4.69) is 44.0 Å². The Morgan fingerprint density at radius 3 is 2.82 bits per heavy atom. The summed E-state index contributed by atoms with van der Waals surface area (Å²) >= 11 is 1.89. The molecule has 1 N–H and O–H groups in total. The van der Waals surface area contributed by atoms with Crippen molar-refractivity contribution in [2.75, 3.05) is 19.6 Å². The zero-order valence-corrected chi connectivity index (χ0v) is 17.6. The van der Waals surface area contributed by atoms with Crippen molar-refractivity contribution in [2.24, 2.45) is 5.92 Å². The molecule has 28 heavy (non-hydrogen) atoms. The van der Waals surface area contributed by atoms with Gasteiger partial charge >= 0.3 is 0 Å². The Morgan fingerprint density at radius 1 is 1.18 bits per heavy atom. The second kappa shape index (κ2) is 9.18. The number of hydrogen-bond donors (Lipinski definition) is 1. The first-order valence-corrected chi connectivity index (χ1v) is 11.5. The van der Waals surface area contributed by atoms with Crippen LogP contribution in [0.15, 0.2) is 12.1 Å². The van der Waals surface area contributed by atoms with Crippen LogP contribution in [0.4, 0.5) is 0 Å². The molecule has 1 aliphatic heterocycles. The van der Waals surface area contributed by atoms with Gasteiger partial charge in [0.1, 0.15) is 11.6 Å². The van der Waals surface area contributed by atoms with Gasteiger partial charge in [0.05, 0.1) is 0 Å². The number of hydrogen-bond acceptors (Lipinski definition) is 5. The highest BCUT2D eigenvalue weighted by molar-refractivity contribution is 7.11. The van der Waals surface area contributed by atoms with E-state index < -0.39 is 0 Å². The van der Waals surface area contributed by atoms with Crippen molar-refractivity contribution in [3.63, 3.8) is 0 Å². The van der Waals surface area contributed by atoms with E-state index in [-0.39, 0.29) is 11.8 Å². The van der Waals surface area contributed by atoms with Crippen molar-refractivity contribution in [1.29, 1.82) is 0 Å². The Morgan fingerprint density at radius 2 is 2.04 bits per heavy atom. The molecule has 0 saturated heterocycles. The molecule has 1 fully saturated rings. The minimum absolute atomic E-state index is 0.221. The molecule has 2 aromatic heterocycles. The summed E-state index contributed by atoms with van der Waals surface area (Å²) in [7, 11) is 0. The second-order valence-electron chi connectivity index (χ2n) is 8.10. The largest absolute Gasteiger partial charge is 0.355 e. The van der Waals surface area contributed by atoms with Crippen LogP contribution in [0.5, 0.6) is 0 Å². The molecule has 7 heteroatoms. The fourth-order valence-electron chi connectivity index (χ4n) is 4.37. The lowest BCUT2D eigenvalue weighted by Gasteiger charge is -2.20. The maximum atomic E-state index is 12.3. The molecule has 3 heterocycles. The van der Waals surface area contributed by atoms with Crippen LogP contribution < -0.4 is 5.32 Å². The van der Waals surface area contributed by atoms with Crippen LogP contribution in [-0.4, -0.2) is 45.2 Å². The summed E-state index contributed by atoms with van der Waals surface area (Å²) < 4.78 is 2.27. The van der Waals surface area contributed by atoms with Crippen LogP contribution in [0.25, 0.3) is 0 Å². The van der Waals surface area contributed by atoms with E-state index in [1.54, 1.807) is 0 Å². The Hall–Kier alpha value is -1.73. The normalized spacial score (nSPS) is 18.6. The molecule has 0 atom stereocenters. The van der Waals surface area contributed by atoms with E-state index in [4.69, 9.17) is 0 Å². The summed E-state index contributed by atoms with van der Waals surface area (Å²) in [5.74, 6) is 2.54. The topological polar surface area (TPSA) is 63.1 Å². The number of nitrogens with one attached hydrogen (secondary N) is 1. The Labute approximate surface area is 171 Å². The van der Waals surface area contributed by atoms with Gasteiger partial charge in [0.15, 0.2) is 0 Å². The maximum Gasteiger partial charge on any atom is 0.223 e. The first-order valence-electron chi connectivity index (χ1n) is 10.7. The highest BCUT2D eigenvalue weighted by Crippen LogP contribution is 2.23. The summed E-state index contributed by atoms with van der Waals surface area (Å²) in [6.45, 7) is 6.81. The lowest BCUT2D eigenvalue weighted by molar-refractivity contribution is -0.125. The highest BCUT2D eigenvalue weighted by atomic mass is 32.1. The fourth-order valence-corrected chi connectivity index (χ4v) is 5.30. The minimum Gasteiger partial charge on any atom is -0.355 e. The van der Waals surface area contributed by atoms with Gasteiger partial charge in [0.2, 0.25) is 5.91 Å². The predicted molar refractivity (Wildman–Crippen MR) is 111 cm³/mol. The number of aromatic nitrogens is 3. The quantitative estimate of drug-likeness (QED) is 0.808. The van der Waals surface area contributed by atoms with Crippen LogP contribution in [0.1, 0.15) is 53.5 Å². The summed E-state index contributed by atoms with van der Waals surface area (Å²) in [4.78, 5) is 17.6. The van der Waals surface area contributed by atoms with Crippen molar-refractivity contribution in [3.8, 4) is 0 Å². The lowest BCUT2D eigenvalue weighted by atomic mass is 9.89. The molecule has 1 aliphatic carbocycles. The zero-order valence-electron chi connectivity index (χ0n) is 16.8. The molecule has 6 nitrogen and oxygen atoms in total. The van der Waals surface area contributed by atoms with E-state index in [9.17, 15) is 4.79 Å². The molecule has 1 saturated carbocycles. The minimum atomic E-state index is 0.221. The van der Waals surface area contributed by atoms with Gasteiger partial charge in [0, 0.05) is 61.2 Å².